The van der Waals surface area contributed by atoms with Gasteiger partial charge in [0, 0.05) is 29.6 Å². The van der Waals surface area contributed by atoms with Crippen LogP contribution in [0.3, 0.4) is 0 Å². The monoisotopic (exact) mass is 816 g/mol. The molecule has 3 saturated heterocycles. The van der Waals surface area contributed by atoms with Crippen LogP contribution in [0.25, 0.3) is 10.8 Å². The molecule has 4 aliphatic carbocycles. The van der Waals surface area contributed by atoms with Crippen molar-refractivity contribution in [2.24, 2.45) is 34.5 Å². The van der Waals surface area contributed by atoms with Crippen molar-refractivity contribution >= 4 is 22.5 Å². The van der Waals surface area contributed by atoms with Crippen LogP contribution in [-0.2, 0) is 14.2 Å². The molecule has 13 heteroatoms. The Kier molecular flexibility index (Phi) is 9.38. The highest BCUT2D eigenvalue weighted by Crippen LogP contribution is 2.71. The minimum atomic E-state index is -1.77. The summed E-state index contributed by atoms with van der Waals surface area (Å²) in [6.45, 7) is 4.07. The summed E-state index contributed by atoms with van der Waals surface area (Å²) in [6, 6.07) is 2.27. The second-order valence-corrected chi connectivity index (χ2v) is 19.3. The maximum absolute atomic E-state index is 12.7. The van der Waals surface area contributed by atoms with Crippen LogP contribution in [0.4, 0.5) is 0 Å². The van der Waals surface area contributed by atoms with Crippen molar-refractivity contribution in [1.82, 2.24) is 0 Å². The summed E-state index contributed by atoms with van der Waals surface area (Å²) in [5, 5.41) is 79.4. The van der Waals surface area contributed by atoms with Crippen LogP contribution < -0.4 is 4.74 Å². The number of Topliss-reactive ketones (excluding diaryl/α,β-unsaturated/α-hetero) is 1. The van der Waals surface area contributed by atoms with Gasteiger partial charge in [-0.05, 0) is 136 Å². The van der Waals surface area contributed by atoms with E-state index in [4.69, 9.17) is 18.9 Å². The Labute approximate surface area is 342 Å². The third kappa shape index (κ3) is 5.60. The number of carboxylic acid groups (broad SMARTS) is 1. The molecule has 0 aromatic heterocycles. The Balaban J connectivity index is 1.07. The highest BCUT2D eigenvalue weighted by Gasteiger charge is 2.69. The van der Waals surface area contributed by atoms with E-state index in [1.807, 2.05) is 0 Å². The first-order chi connectivity index (χ1) is 28.2. The molecule has 13 nitrogen and oxygen atoms in total. The molecule has 2 spiro atoms. The number of rotatable bonds is 7. The molecule has 6 fully saturated rings. The molecule has 4 heterocycles. The van der Waals surface area contributed by atoms with Gasteiger partial charge >= 0.3 is 5.97 Å². The van der Waals surface area contributed by atoms with Crippen LogP contribution in [-0.4, -0.2) is 110 Å². The number of benzene rings is 2. The Morgan fingerprint density at radius 1 is 1.02 bits per heavy atom. The summed E-state index contributed by atoms with van der Waals surface area (Å²) < 4.78 is 26.6. The molecular formula is C46H56O13. The van der Waals surface area contributed by atoms with E-state index in [9.17, 15) is 45.3 Å². The van der Waals surface area contributed by atoms with Gasteiger partial charge in [-0.15, -0.1) is 0 Å². The lowest BCUT2D eigenvalue weighted by molar-refractivity contribution is -0.336. The predicted molar refractivity (Wildman–Crippen MR) is 211 cm³/mol. The Hall–Kier alpha value is -3.56. The maximum atomic E-state index is 12.7. The number of phenols is 2. The zero-order chi connectivity index (χ0) is 41.3. The van der Waals surface area contributed by atoms with Gasteiger partial charge < -0.3 is 54.7 Å². The molecule has 8 aliphatic rings. The first-order valence-electron chi connectivity index (χ1n) is 21.7. The molecule has 3 saturated carbocycles. The Morgan fingerprint density at radius 3 is 2.53 bits per heavy atom. The highest BCUT2D eigenvalue weighted by atomic mass is 16.7. The summed E-state index contributed by atoms with van der Waals surface area (Å²) in [4.78, 5) is 25.0. The van der Waals surface area contributed by atoms with Gasteiger partial charge in [-0.2, -0.15) is 0 Å². The topological polar surface area (TPSA) is 213 Å². The smallest absolute Gasteiger partial charge is 0.335 e. The average Bonchev–Trinajstić information content (AvgIpc) is 3.80. The van der Waals surface area contributed by atoms with E-state index in [0.717, 1.165) is 37.0 Å². The molecule has 0 radical (unpaired) electrons. The van der Waals surface area contributed by atoms with Crippen molar-refractivity contribution in [3.8, 4) is 17.2 Å². The fourth-order valence-corrected chi connectivity index (χ4v) is 14.2. The van der Waals surface area contributed by atoms with Gasteiger partial charge in [0.25, 0.3) is 0 Å². The second kappa shape index (κ2) is 14.0. The molecule has 2 aromatic rings. The summed E-state index contributed by atoms with van der Waals surface area (Å²) in [6.07, 6.45) is 4.60. The number of hydrogen-bond acceptors (Lipinski definition) is 12. The van der Waals surface area contributed by atoms with Crippen LogP contribution in [0.5, 0.6) is 17.2 Å². The molecule has 2 aromatic carbocycles. The lowest BCUT2D eigenvalue weighted by Crippen LogP contribution is -2.71. The zero-order valence-corrected chi connectivity index (χ0v) is 33.7. The maximum Gasteiger partial charge on any atom is 0.335 e. The fraction of sp³-hybridized carbons (Fsp3) is 0.652. The molecule has 2 bridgehead atoms. The van der Waals surface area contributed by atoms with E-state index in [-0.39, 0.29) is 68.9 Å². The van der Waals surface area contributed by atoms with Gasteiger partial charge in [0.15, 0.2) is 5.78 Å². The van der Waals surface area contributed by atoms with Gasteiger partial charge in [-0.3, -0.25) is 4.79 Å². The molecule has 0 amide bonds. The molecule has 59 heavy (non-hydrogen) atoms. The van der Waals surface area contributed by atoms with E-state index < -0.39 is 65.7 Å². The van der Waals surface area contributed by atoms with Crippen LogP contribution in [0, 0.1) is 41.4 Å². The van der Waals surface area contributed by atoms with Crippen LogP contribution >= 0.6 is 0 Å². The lowest BCUT2D eigenvalue weighted by atomic mass is 9.42. The molecular weight excluding hydrogens is 760 g/mol. The van der Waals surface area contributed by atoms with Crippen molar-refractivity contribution in [3.05, 3.63) is 51.6 Å². The Morgan fingerprint density at radius 2 is 1.80 bits per heavy atom. The van der Waals surface area contributed by atoms with Crippen LogP contribution in [0.2, 0.25) is 0 Å². The number of aliphatic hydroxyl groups excluding tert-OH is 4. The number of aliphatic hydroxyl groups is 4. The number of carbonyl (C=O) groups is 2. The molecule has 4 aliphatic heterocycles. The number of carboxylic acids is 1. The van der Waals surface area contributed by atoms with E-state index in [2.05, 4.69) is 6.08 Å². The number of allylic oxidation sites excluding steroid dienone is 2. The van der Waals surface area contributed by atoms with E-state index in [1.165, 1.54) is 50.7 Å². The SMILES string of the molecule is CC(=O)c1c(C)c(O)c2cc(C(=O)O)cc(O[C@H]3O[C@@H]4[C@@H](O)CC[C@H]5O[C@@]4(C[C@H]4C6=C5CC=C6[C@]5(CCCO)COC[C@H]6CC7(CCCC7)C[C@H]4[C@H]65)[C@H](O)[C@H]3O)c2c1O. The summed E-state index contributed by atoms with van der Waals surface area (Å²) in [5.74, 6) is -2.40. The first kappa shape index (κ1) is 39.6. The van der Waals surface area contributed by atoms with E-state index in [0.29, 0.717) is 50.7 Å². The molecule has 318 valence electrons. The minimum absolute atomic E-state index is 0.0553. The summed E-state index contributed by atoms with van der Waals surface area (Å²) in [7, 11) is 0. The number of ketones is 1. The number of hydrogen-bond donors (Lipinski definition) is 7. The molecule has 7 N–H and O–H groups in total. The van der Waals surface area contributed by atoms with Gasteiger partial charge in [0.05, 0.1) is 35.3 Å². The van der Waals surface area contributed by atoms with Crippen molar-refractivity contribution in [1.29, 1.82) is 0 Å². The largest absolute Gasteiger partial charge is 0.507 e. The van der Waals surface area contributed by atoms with E-state index in [1.54, 1.807) is 0 Å². The van der Waals surface area contributed by atoms with Gasteiger partial charge in [-0.1, -0.05) is 18.9 Å². The summed E-state index contributed by atoms with van der Waals surface area (Å²) in [5.41, 5.74) is 1.69. The van der Waals surface area contributed by atoms with Crippen molar-refractivity contribution in [3.63, 3.8) is 0 Å². The number of phenolic OH excluding ortho intramolecular Hbond substituents is 2. The standard InChI is InChI=1S/C46H56O13/c1-21-33(22(2)48)38(51)35-26(37(21)50)14-23(42(54)55)15-32(35)57-43-39(52)40(53)46-18-27-28-17-44(10-3-4-11-44)16-24-19-56-20-45(36(24)28,12-5-13-47)29-7-6-25(34(27)29)31(59-46)9-8-30(49)41(46)58-43/h7,14-15,24,27-28,30-31,36,39-41,43,47,49-53H,3-6,8-13,16-20H2,1-2H3,(H,54,55)/t24-,27-,28-,30+,31-,36+,39-,40-,41-,43+,45+,46+/m1/s1. The quantitative estimate of drug-likeness (QED) is 0.141. The number of fused-ring (bicyclic) bond motifs is 5. The summed E-state index contributed by atoms with van der Waals surface area (Å²) >= 11 is 0. The third-order valence-electron chi connectivity index (χ3n) is 16.3. The van der Waals surface area contributed by atoms with Crippen LogP contribution in [0.1, 0.15) is 110 Å². The minimum Gasteiger partial charge on any atom is -0.507 e. The van der Waals surface area contributed by atoms with Crippen molar-refractivity contribution in [2.45, 2.75) is 133 Å². The van der Waals surface area contributed by atoms with Gasteiger partial charge in [-0.25, -0.2) is 4.79 Å². The predicted octanol–water partition coefficient (Wildman–Crippen LogP) is 5.22. The Bertz CT molecular complexity index is 2170. The molecule has 12 atom stereocenters. The second-order valence-electron chi connectivity index (χ2n) is 19.3. The highest BCUT2D eigenvalue weighted by molar-refractivity contribution is 6.11. The van der Waals surface area contributed by atoms with Crippen LogP contribution in [0.15, 0.2) is 34.9 Å². The normalized spacial score (nSPS) is 39.2. The fourth-order valence-electron chi connectivity index (χ4n) is 14.2. The van der Waals surface area contributed by atoms with Crippen molar-refractivity contribution < 1.29 is 64.3 Å². The number of aromatic carboxylic acids is 1. The average molecular weight is 817 g/mol. The first-order valence-corrected chi connectivity index (χ1v) is 21.7. The zero-order valence-electron chi connectivity index (χ0n) is 33.7. The molecule has 0 unspecified atom stereocenters. The third-order valence-corrected chi connectivity index (χ3v) is 16.3. The molecule has 10 rings (SSSR count). The van der Waals surface area contributed by atoms with Gasteiger partial charge in [0.1, 0.15) is 41.2 Å². The number of aromatic hydroxyl groups is 2. The number of ether oxygens (including phenoxy) is 4. The van der Waals surface area contributed by atoms with Gasteiger partial charge in [0.2, 0.25) is 6.29 Å². The number of carbonyl (C=O) groups excluding carboxylic acids is 1. The van der Waals surface area contributed by atoms with E-state index >= 15 is 0 Å². The van der Waals surface area contributed by atoms with Crippen molar-refractivity contribution in [2.75, 3.05) is 19.8 Å². The lowest BCUT2D eigenvalue weighted by Gasteiger charge is -2.64.